The van der Waals surface area contributed by atoms with E-state index in [1.54, 1.807) is 0 Å². The molecule has 0 N–H and O–H groups in total. The van der Waals surface area contributed by atoms with Crippen LogP contribution in [-0.4, -0.2) is 37.1 Å². The Kier molecular flexibility index (Phi) is 6.71. The topological polar surface area (TPSA) is 36.9 Å². The molecule has 4 atom stereocenters. The zero-order chi connectivity index (χ0) is 28.7. The van der Waals surface area contributed by atoms with Crippen LogP contribution in [0.15, 0.2) is 36.4 Å². The number of benzene rings is 3. The molecule has 41 heavy (non-hydrogen) atoms. The van der Waals surface area contributed by atoms with Crippen LogP contribution < -0.4 is 10.9 Å². The van der Waals surface area contributed by atoms with Gasteiger partial charge >= 0.3 is 14.2 Å². The summed E-state index contributed by atoms with van der Waals surface area (Å²) in [5.74, 6) is 1.32. The van der Waals surface area contributed by atoms with E-state index in [0.717, 1.165) is 17.3 Å². The first-order valence-electron chi connectivity index (χ1n) is 16.2. The van der Waals surface area contributed by atoms with E-state index in [-0.39, 0.29) is 37.1 Å². The second-order valence-electron chi connectivity index (χ2n) is 14.5. The van der Waals surface area contributed by atoms with E-state index < -0.39 is 0 Å². The van der Waals surface area contributed by atoms with Gasteiger partial charge in [0.15, 0.2) is 0 Å². The van der Waals surface area contributed by atoms with Crippen LogP contribution in [-0.2, 0) is 25.0 Å². The van der Waals surface area contributed by atoms with Crippen LogP contribution in [0.3, 0.4) is 0 Å². The molecule has 6 heteroatoms. The van der Waals surface area contributed by atoms with E-state index in [1.807, 2.05) is 0 Å². The molecule has 0 bridgehead atoms. The maximum absolute atomic E-state index is 6.58. The van der Waals surface area contributed by atoms with Crippen molar-refractivity contribution in [2.24, 2.45) is 11.8 Å². The van der Waals surface area contributed by atoms with Gasteiger partial charge in [-0.05, 0) is 109 Å². The molecule has 0 radical (unpaired) electrons. The zero-order valence-corrected chi connectivity index (χ0v) is 26.1. The maximum Gasteiger partial charge on any atom is 0.494 e. The number of hydrogen-bond acceptors (Lipinski definition) is 4. The summed E-state index contributed by atoms with van der Waals surface area (Å²) >= 11 is 0. The number of hydrogen-bond donors (Lipinski definition) is 0. The molecule has 3 aromatic carbocycles. The molecule has 0 amide bonds. The van der Waals surface area contributed by atoms with E-state index in [1.165, 1.54) is 77.6 Å². The molecule has 4 fully saturated rings. The van der Waals surface area contributed by atoms with E-state index in [2.05, 4.69) is 84.9 Å². The second kappa shape index (κ2) is 9.84. The average molecular weight is 552 g/mol. The van der Waals surface area contributed by atoms with Crippen molar-refractivity contribution in [3.63, 3.8) is 0 Å². The molecule has 4 aliphatic rings. The molecule has 2 aliphatic carbocycles. The Labute approximate surface area is 247 Å². The van der Waals surface area contributed by atoms with Crippen LogP contribution in [0.25, 0.3) is 21.5 Å². The minimum Gasteiger partial charge on any atom is -0.401 e. The van der Waals surface area contributed by atoms with Crippen molar-refractivity contribution in [2.45, 2.75) is 123 Å². The number of fused-ring (bicyclic) bond motifs is 3. The van der Waals surface area contributed by atoms with Crippen LogP contribution in [0.2, 0.25) is 0 Å². The van der Waals surface area contributed by atoms with Gasteiger partial charge in [-0.2, -0.15) is 0 Å². The fourth-order valence-electron chi connectivity index (χ4n) is 7.92. The quantitative estimate of drug-likeness (QED) is 0.162. The minimum absolute atomic E-state index is 0.0174. The molecule has 216 valence electrons. The number of aryl methyl sites for hydroxylation is 2. The summed E-state index contributed by atoms with van der Waals surface area (Å²) in [5.41, 5.74) is 4.40. The maximum atomic E-state index is 6.58. The molecule has 1 spiro atoms. The summed E-state index contributed by atoms with van der Waals surface area (Å²) in [7, 11) is -0.605. The second-order valence-corrected chi connectivity index (χ2v) is 14.5. The molecule has 7 rings (SSSR count). The monoisotopic (exact) mass is 552 g/mol. The predicted molar refractivity (Wildman–Crippen MR) is 170 cm³/mol. The van der Waals surface area contributed by atoms with Gasteiger partial charge in [0, 0.05) is 0 Å². The molecular formula is C35H46B2O4. The van der Waals surface area contributed by atoms with Gasteiger partial charge < -0.3 is 18.6 Å². The fourth-order valence-corrected chi connectivity index (χ4v) is 7.92. The Hall–Kier alpha value is -1.85. The van der Waals surface area contributed by atoms with Crippen molar-refractivity contribution in [3.8, 4) is 0 Å². The highest BCUT2D eigenvalue weighted by Gasteiger charge is 2.78. The van der Waals surface area contributed by atoms with Gasteiger partial charge in [-0.25, -0.2) is 0 Å². The molecule has 2 saturated heterocycles. The number of unbranched alkanes of at least 4 members (excludes halogenated alkanes) is 5. The molecular weight excluding hydrogens is 506 g/mol. The first-order chi connectivity index (χ1) is 19.6. The van der Waals surface area contributed by atoms with Crippen LogP contribution in [0.4, 0.5) is 0 Å². The zero-order valence-electron chi connectivity index (χ0n) is 26.1. The summed E-state index contributed by atoms with van der Waals surface area (Å²) < 4.78 is 25.9. The SMILES string of the molecule is CCCCCCCCc1c(C)c2cc(B3OC(C)(C)C(C)(C)O3)ccc2c2ccc(B3OC4C(C)C5CC54O3)cc12. The van der Waals surface area contributed by atoms with Crippen LogP contribution in [0.1, 0.15) is 97.6 Å². The highest BCUT2D eigenvalue weighted by Crippen LogP contribution is 2.69. The summed E-state index contributed by atoms with van der Waals surface area (Å²) in [6.45, 7) is 15.4. The standard InChI is InChI=1S/C35H46B2O4/c1-8-9-10-11-12-13-14-26-22(2)29-19-25(37-39-33(4,5)34(6,7)40-37)16-17-27(29)28-18-15-24(20-30(26)28)36-38-32-23(3)31-21-35(31,32)41-36/h15-20,23,31-32H,8-14,21H2,1-7H3. The molecule has 2 saturated carbocycles. The smallest absolute Gasteiger partial charge is 0.401 e. The lowest BCUT2D eigenvalue weighted by atomic mass is 9.75. The third-order valence-corrected chi connectivity index (χ3v) is 11.3. The first-order valence-corrected chi connectivity index (χ1v) is 16.2. The van der Waals surface area contributed by atoms with Gasteiger partial charge in [0.1, 0.15) is 0 Å². The van der Waals surface area contributed by atoms with Gasteiger partial charge in [0.25, 0.3) is 0 Å². The van der Waals surface area contributed by atoms with Crippen molar-refractivity contribution < 1.29 is 18.6 Å². The lowest BCUT2D eigenvalue weighted by Gasteiger charge is -2.35. The highest BCUT2D eigenvalue weighted by atomic mass is 16.7. The van der Waals surface area contributed by atoms with E-state index in [0.29, 0.717) is 11.8 Å². The highest BCUT2D eigenvalue weighted by molar-refractivity contribution is 6.63. The van der Waals surface area contributed by atoms with E-state index >= 15 is 0 Å². The normalized spacial score (nSPS) is 29.2. The van der Waals surface area contributed by atoms with Crippen LogP contribution >= 0.6 is 0 Å². The molecule has 4 unspecified atom stereocenters. The third kappa shape index (κ3) is 4.34. The lowest BCUT2D eigenvalue weighted by molar-refractivity contribution is -0.00815. The van der Waals surface area contributed by atoms with Crippen molar-refractivity contribution in [1.29, 1.82) is 0 Å². The lowest BCUT2D eigenvalue weighted by Crippen LogP contribution is -2.44. The van der Waals surface area contributed by atoms with Gasteiger partial charge in [-0.1, -0.05) is 82.3 Å². The summed E-state index contributed by atoms with van der Waals surface area (Å²) in [6.07, 6.45) is 10.3. The fraction of sp³-hybridized carbons (Fsp3) is 0.600. The molecule has 2 heterocycles. The molecule has 0 aromatic heterocycles. The van der Waals surface area contributed by atoms with Gasteiger partial charge in [-0.15, -0.1) is 0 Å². The Morgan fingerprint density at radius 1 is 0.756 bits per heavy atom. The Balaban J connectivity index is 1.26. The van der Waals surface area contributed by atoms with E-state index in [9.17, 15) is 0 Å². The van der Waals surface area contributed by atoms with Gasteiger partial charge in [0.05, 0.1) is 22.9 Å². The van der Waals surface area contributed by atoms with Crippen LogP contribution in [0.5, 0.6) is 0 Å². The van der Waals surface area contributed by atoms with Crippen LogP contribution in [0, 0.1) is 18.8 Å². The Bertz CT molecular complexity index is 1480. The third-order valence-electron chi connectivity index (χ3n) is 11.3. The van der Waals surface area contributed by atoms with Gasteiger partial charge in [0.2, 0.25) is 0 Å². The molecule has 4 nitrogen and oxygen atoms in total. The Morgan fingerprint density at radius 3 is 2.02 bits per heavy atom. The summed E-state index contributed by atoms with van der Waals surface area (Å²) in [4.78, 5) is 0. The Morgan fingerprint density at radius 2 is 1.37 bits per heavy atom. The molecule has 2 aliphatic heterocycles. The van der Waals surface area contributed by atoms with Crippen molar-refractivity contribution in [2.75, 3.05) is 0 Å². The minimum atomic E-state index is -0.357. The average Bonchev–Trinajstić information content (AvgIpc) is 3.38. The van der Waals surface area contributed by atoms with Crippen molar-refractivity contribution in [1.82, 2.24) is 0 Å². The molecule has 3 aromatic rings. The summed E-state index contributed by atoms with van der Waals surface area (Å²) in [5, 5.41) is 5.26. The number of rotatable bonds is 9. The first kappa shape index (κ1) is 28.0. The summed E-state index contributed by atoms with van der Waals surface area (Å²) in [6, 6.07) is 13.7. The predicted octanol–water partition coefficient (Wildman–Crippen LogP) is 7.02. The van der Waals surface area contributed by atoms with Gasteiger partial charge in [-0.3, -0.25) is 0 Å². The largest absolute Gasteiger partial charge is 0.494 e. The van der Waals surface area contributed by atoms with Crippen molar-refractivity contribution in [3.05, 3.63) is 47.5 Å². The van der Waals surface area contributed by atoms with Crippen molar-refractivity contribution >= 4 is 46.7 Å². The van der Waals surface area contributed by atoms with E-state index in [4.69, 9.17) is 18.6 Å².